The molecule has 4 aliphatic rings. The summed E-state index contributed by atoms with van der Waals surface area (Å²) in [5.41, 5.74) is 3.03. The molecule has 0 amide bonds. The van der Waals surface area contributed by atoms with Gasteiger partial charge in [-0.1, -0.05) is 31.6 Å². The number of carbonyl (C=O) groups excluding carboxylic acids is 2. The number of hydrogen-bond donors (Lipinski definition) is 0. The molecule has 2 fully saturated rings. The molecule has 0 heterocycles. The summed E-state index contributed by atoms with van der Waals surface area (Å²) in [7, 11) is 0. The van der Waals surface area contributed by atoms with Crippen LogP contribution >= 0.6 is 0 Å². The van der Waals surface area contributed by atoms with Crippen molar-refractivity contribution in [2.45, 2.75) is 78.7 Å². The number of fused-ring (bicyclic) bond motifs is 5. The molecule has 4 aliphatic carbocycles. The molecule has 4 rings (SSSR count). The van der Waals surface area contributed by atoms with Crippen LogP contribution in [0.1, 0.15) is 72.6 Å². The number of ether oxygens (including phenoxy) is 1. The number of hydrogen-bond acceptors (Lipinski definition) is 3. The van der Waals surface area contributed by atoms with Crippen molar-refractivity contribution in [3.8, 4) is 0 Å². The quantitative estimate of drug-likeness (QED) is 0.516. The maximum absolute atomic E-state index is 12.2. The molecule has 0 saturated heterocycles. The zero-order valence-electron chi connectivity index (χ0n) is 16.6. The lowest BCUT2D eigenvalue weighted by molar-refractivity contribution is -0.151. The Labute approximate surface area is 157 Å². The van der Waals surface area contributed by atoms with Crippen molar-refractivity contribution in [3.63, 3.8) is 0 Å². The van der Waals surface area contributed by atoms with Gasteiger partial charge in [-0.2, -0.15) is 0 Å². The number of carbonyl (C=O) groups is 2. The van der Waals surface area contributed by atoms with Crippen molar-refractivity contribution in [2.24, 2.45) is 28.6 Å². The van der Waals surface area contributed by atoms with Crippen LogP contribution in [-0.4, -0.2) is 17.9 Å². The van der Waals surface area contributed by atoms with Gasteiger partial charge in [0.2, 0.25) is 0 Å². The largest absolute Gasteiger partial charge is 0.463 e. The number of ketones is 1. The van der Waals surface area contributed by atoms with Gasteiger partial charge in [-0.05, 0) is 80.6 Å². The van der Waals surface area contributed by atoms with Crippen molar-refractivity contribution in [1.82, 2.24) is 0 Å². The Morgan fingerprint density at radius 1 is 1.08 bits per heavy atom. The van der Waals surface area contributed by atoms with Crippen molar-refractivity contribution in [3.05, 3.63) is 23.3 Å². The lowest BCUT2D eigenvalue weighted by atomic mass is 9.48. The second-order valence-electron chi connectivity index (χ2n) is 9.60. The standard InChI is InChI=1S/C23H32O3/c1-14(24)19-7-8-20-18-6-5-16-13-17(26-15(2)25)9-11-22(16,3)21(18)10-12-23(19,20)4/h7,10,16-18,20H,5-6,8-9,11-13H2,1-4H3/t16-,17-,18?,20?,22-,23+/m0/s1. The highest BCUT2D eigenvalue weighted by molar-refractivity contribution is 5.95. The van der Waals surface area contributed by atoms with E-state index < -0.39 is 0 Å². The summed E-state index contributed by atoms with van der Waals surface area (Å²) >= 11 is 0. The minimum absolute atomic E-state index is 0.0398. The molecular formula is C23H32O3. The Morgan fingerprint density at radius 2 is 1.85 bits per heavy atom. The van der Waals surface area contributed by atoms with E-state index in [0.717, 1.165) is 37.7 Å². The monoisotopic (exact) mass is 356 g/mol. The average molecular weight is 357 g/mol. The Balaban J connectivity index is 1.60. The third-order valence-electron chi connectivity index (χ3n) is 8.27. The number of allylic oxidation sites excluding steroid dienone is 4. The molecule has 0 aromatic heterocycles. The second-order valence-corrected chi connectivity index (χ2v) is 9.60. The van der Waals surface area contributed by atoms with E-state index in [-0.39, 0.29) is 28.7 Å². The zero-order chi connectivity index (χ0) is 18.7. The van der Waals surface area contributed by atoms with Crippen molar-refractivity contribution in [1.29, 1.82) is 0 Å². The summed E-state index contributed by atoms with van der Waals surface area (Å²) in [5.74, 6) is 1.94. The van der Waals surface area contributed by atoms with Crippen LogP contribution < -0.4 is 0 Å². The first-order valence-corrected chi connectivity index (χ1v) is 10.3. The molecule has 0 aromatic rings. The van der Waals surface area contributed by atoms with Crippen LogP contribution in [0.4, 0.5) is 0 Å². The van der Waals surface area contributed by atoms with E-state index in [9.17, 15) is 9.59 Å². The molecule has 0 spiro atoms. The fourth-order valence-electron chi connectivity index (χ4n) is 6.96. The molecule has 6 atom stereocenters. The van der Waals surface area contributed by atoms with Gasteiger partial charge in [0, 0.05) is 12.3 Å². The minimum Gasteiger partial charge on any atom is -0.463 e. The van der Waals surface area contributed by atoms with Crippen molar-refractivity contribution >= 4 is 11.8 Å². The van der Waals surface area contributed by atoms with Crippen molar-refractivity contribution in [2.75, 3.05) is 0 Å². The fourth-order valence-corrected chi connectivity index (χ4v) is 6.96. The highest BCUT2D eigenvalue weighted by Gasteiger charge is 2.56. The summed E-state index contributed by atoms with van der Waals surface area (Å²) < 4.78 is 5.54. The van der Waals surface area contributed by atoms with E-state index in [1.807, 2.05) is 0 Å². The molecule has 0 bridgehead atoms. The van der Waals surface area contributed by atoms with Gasteiger partial charge >= 0.3 is 5.97 Å². The molecule has 0 radical (unpaired) electrons. The van der Waals surface area contributed by atoms with E-state index in [1.165, 1.54) is 19.8 Å². The van der Waals surface area contributed by atoms with Gasteiger partial charge < -0.3 is 4.74 Å². The average Bonchev–Trinajstić information content (AvgIpc) is 2.92. The molecule has 2 unspecified atom stereocenters. The molecular weight excluding hydrogens is 324 g/mol. The number of esters is 1. The van der Waals surface area contributed by atoms with Gasteiger partial charge in [-0.3, -0.25) is 9.59 Å². The van der Waals surface area contributed by atoms with Crippen LogP contribution in [0.3, 0.4) is 0 Å². The smallest absolute Gasteiger partial charge is 0.302 e. The summed E-state index contributed by atoms with van der Waals surface area (Å²) in [6, 6.07) is 0. The van der Waals surface area contributed by atoms with Crippen LogP contribution in [0.25, 0.3) is 0 Å². The third kappa shape index (κ3) is 2.53. The first-order valence-electron chi connectivity index (χ1n) is 10.3. The van der Waals surface area contributed by atoms with E-state index in [4.69, 9.17) is 4.74 Å². The molecule has 0 aromatic carbocycles. The normalized spacial score (nSPS) is 44.2. The van der Waals surface area contributed by atoms with Gasteiger partial charge in [0.15, 0.2) is 5.78 Å². The predicted molar refractivity (Wildman–Crippen MR) is 101 cm³/mol. The van der Waals surface area contributed by atoms with E-state index in [1.54, 1.807) is 12.5 Å². The molecule has 3 heteroatoms. The number of rotatable bonds is 2. The maximum Gasteiger partial charge on any atom is 0.302 e. The lowest BCUT2D eigenvalue weighted by Crippen LogP contribution is -2.48. The van der Waals surface area contributed by atoms with Crippen molar-refractivity contribution < 1.29 is 14.3 Å². The third-order valence-corrected chi connectivity index (χ3v) is 8.27. The maximum atomic E-state index is 12.2. The van der Waals surface area contributed by atoms with Gasteiger partial charge in [0.25, 0.3) is 0 Å². The van der Waals surface area contributed by atoms with Crippen LogP contribution in [0, 0.1) is 28.6 Å². The SMILES string of the molecule is CC(=O)O[C@H]1CC[C@]2(C)C3=CC[C@]4(C)C(C(C)=O)=CCC4C3CC[C@H]2C1. The topological polar surface area (TPSA) is 43.4 Å². The first-order chi connectivity index (χ1) is 12.3. The Kier molecular flexibility index (Phi) is 4.20. The van der Waals surface area contributed by atoms with Crippen LogP contribution in [-0.2, 0) is 14.3 Å². The molecule has 0 N–H and O–H groups in total. The Bertz CT molecular complexity index is 702. The summed E-state index contributed by atoms with van der Waals surface area (Å²) in [6.45, 7) is 8.02. The summed E-state index contributed by atoms with van der Waals surface area (Å²) in [4.78, 5) is 23.5. The van der Waals surface area contributed by atoms with Gasteiger partial charge in [0.1, 0.15) is 6.10 Å². The highest BCUT2D eigenvalue weighted by atomic mass is 16.5. The molecule has 2 saturated carbocycles. The van der Waals surface area contributed by atoms with E-state index in [2.05, 4.69) is 26.0 Å². The Morgan fingerprint density at radius 3 is 2.54 bits per heavy atom. The molecule has 0 aliphatic heterocycles. The van der Waals surface area contributed by atoms with Crippen LogP contribution in [0.2, 0.25) is 0 Å². The first kappa shape index (κ1) is 18.0. The highest BCUT2D eigenvalue weighted by Crippen LogP contribution is 2.64. The predicted octanol–water partition coefficient (Wildman–Crippen LogP) is 5.01. The van der Waals surface area contributed by atoms with Crippen LogP contribution in [0.15, 0.2) is 23.3 Å². The minimum atomic E-state index is -0.145. The van der Waals surface area contributed by atoms with Crippen LogP contribution in [0.5, 0.6) is 0 Å². The summed E-state index contributed by atoms with van der Waals surface area (Å²) in [6.07, 6.45) is 12.5. The van der Waals surface area contributed by atoms with Gasteiger partial charge in [-0.25, -0.2) is 0 Å². The molecule has 3 nitrogen and oxygen atoms in total. The molecule has 26 heavy (non-hydrogen) atoms. The zero-order valence-corrected chi connectivity index (χ0v) is 16.6. The lowest BCUT2D eigenvalue weighted by Gasteiger charge is -2.56. The number of Topliss-reactive ketones (excluding diaryl/α,β-unsaturated/α-hetero) is 1. The van der Waals surface area contributed by atoms with E-state index in [0.29, 0.717) is 17.8 Å². The van der Waals surface area contributed by atoms with Gasteiger partial charge in [0.05, 0.1) is 0 Å². The molecule has 142 valence electrons. The fraction of sp³-hybridized carbons (Fsp3) is 0.739. The van der Waals surface area contributed by atoms with E-state index >= 15 is 0 Å². The summed E-state index contributed by atoms with van der Waals surface area (Å²) in [5, 5.41) is 0. The Hall–Kier alpha value is -1.38. The van der Waals surface area contributed by atoms with Gasteiger partial charge in [-0.15, -0.1) is 0 Å². The second kappa shape index (κ2) is 6.07.